The van der Waals surface area contributed by atoms with Gasteiger partial charge in [0.15, 0.2) is 28.3 Å². The fourth-order valence-corrected chi connectivity index (χ4v) is 3.64. The number of nitro benzene ring substituents is 1. The molecule has 0 radical (unpaired) electrons. The van der Waals surface area contributed by atoms with Crippen LogP contribution in [0, 0.1) is 27.6 Å². The fourth-order valence-electron chi connectivity index (χ4n) is 2.99. The van der Waals surface area contributed by atoms with E-state index in [0.717, 1.165) is 17.4 Å². The number of nitrogens with zero attached hydrogens (tertiary/aromatic N) is 4. The highest BCUT2D eigenvalue weighted by atomic mass is 32.1. The van der Waals surface area contributed by atoms with Crippen LogP contribution in [0.25, 0.3) is 27.8 Å². The summed E-state index contributed by atoms with van der Waals surface area (Å²) >= 11 is 1.10. The summed E-state index contributed by atoms with van der Waals surface area (Å²) in [7, 11) is 0. The molecule has 0 saturated carbocycles. The molecule has 0 aliphatic rings. The Morgan fingerprint density at radius 2 is 1.81 bits per heavy atom. The molecule has 12 heteroatoms. The minimum Gasteiger partial charge on any atom is -0.364 e. The lowest BCUT2D eigenvalue weighted by Crippen LogP contribution is -2.14. The van der Waals surface area contributed by atoms with Crippen LogP contribution in [-0.2, 0) is 0 Å². The molecule has 0 saturated heterocycles. The molecule has 2 aromatic heterocycles. The molecule has 0 spiro atoms. The minimum atomic E-state index is -1.73. The number of nitrogens with two attached hydrogens (primary N) is 1. The van der Waals surface area contributed by atoms with Crippen molar-refractivity contribution in [1.29, 1.82) is 0 Å². The lowest BCUT2D eigenvalue weighted by Gasteiger charge is -2.11. The van der Waals surface area contributed by atoms with E-state index >= 15 is 0 Å². The van der Waals surface area contributed by atoms with E-state index in [0.29, 0.717) is 11.6 Å². The summed E-state index contributed by atoms with van der Waals surface area (Å²) in [6.07, 6.45) is 1.44. The highest BCUT2D eigenvalue weighted by Crippen LogP contribution is 2.36. The van der Waals surface area contributed by atoms with Gasteiger partial charge in [-0.05, 0) is 24.3 Å². The summed E-state index contributed by atoms with van der Waals surface area (Å²) in [6.45, 7) is 0. The van der Waals surface area contributed by atoms with E-state index in [9.17, 15) is 28.1 Å². The Bertz CT molecular complexity index is 1320. The molecule has 4 rings (SSSR count). The van der Waals surface area contributed by atoms with Gasteiger partial charge in [-0.15, -0.1) is 11.3 Å². The molecule has 2 heterocycles. The number of primary amides is 1. The maximum absolute atomic E-state index is 14.7. The van der Waals surface area contributed by atoms with Crippen molar-refractivity contribution in [2.24, 2.45) is 5.73 Å². The highest BCUT2D eigenvalue weighted by Gasteiger charge is 2.29. The zero-order chi connectivity index (χ0) is 22.3. The number of carbonyl (C=O) groups is 1. The van der Waals surface area contributed by atoms with E-state index in [2.05, 4.69) is 9.97 Å². The zero-order valence-electron chi connectivity index (χ0n) is 15.3. The maximum Gasteiger partial charge on any atom is 0.269 e. The van der Waals surface area contributed by atoms with Crippen LogP contribution < -0.4 is 5.73 Å². The third kappa shape index (κ3) is 3.42. The fraction of sp³-hybridized carbons (Fsp3) is 0. The molecular weight excluding hydrogens is 435 g/mol. The Labute approximate surface area is 175 Å². The third-order valence-corrected chi connectivity index (χ3v) is 5.10. The van der Waals surface area contributed by atoms with Crippen LogP contribution >= 0.6 is 11.3 Å². The largest absolute Gasteiger partial charge is 0.364 e. The van der Waals surface area contributed by atoms with Gasteiger partial charge in [-0.3, -0.25) is 19.5 Å². The standard InChI is InChI=1S/C19H10F3N5O3S/c20-12-6-5-11(13(21)14(12)22)16-15(17(23)28)25-18(26(16)19-24-7-8-31-19)9-1-3-10(4-2-9)27(29)30/h1-8H,(H2,23,28). The number of aromatic nitrogens is 3. The molecule has 1 amide bonds. The van der Waals surface area contributed by atoms with Crippen molar-refractivity contribution in [3.63, 3.8) is 0 Å². The Morgan fingerprint density at radius 1 is 1.10 bits per heavy atom. The molecule has 0 unspecified atom stereocenters. The molecule has 8 nitrogen and oxygen atoms in total. The van der Waals surface area contributed by atoms with E-state index in [1.165, 1.54) is 35.0 Å². The lowest BCUT2D eigenvalue weighted by molar-refractivity contribution is -0.384. The molecule has 0 atom stereocenters. The number of benzene rings is 2. The SMILES string of the molecule is NC(=O)c1nc(-c2ccc([N+](=O)[O-])cc2)n(-c2nccs2)c1-c1ccc(F)c(F)c1F. The van der Waals surface area contributed by atoms with Gasteiger partial charge in [0.1, 0.15) is 5.82 Å². The maximum atomic E-state index is 14.7. The summed E-state index contributed by atoms with van der Waals surface area (Å²) in [6, 6.07) is 6.86. The van der Waals surface area contributed by atoms with Gasteiger partial charge < -0.3 is 5.73 Å². The number of thiazole rings is 1. The van der Waals surface area contributed by atoms with Crippen molar-refractivity contribution in [2.45, 2.75) is 0 Å². The highest BCUT2D eigenvalue weighted by molar-refractivity contribution is 7.12. The number of hydrogen-bond acceptors (Lipinski definition) is 6. The lowest BCUT2D eigenvalue weighted by atomic mass is 10.1. The van der Waals surface area contributed by atoms with Gasteiger partial charge in [0.05, 0.1) is 10.6 Å². The minimum absolute atomic E-state index is 0.0535. The van der Waals surface area contributed by atoms with E-state index in [1.807, 2.05) is 0 Å². The van der Waals surface area contributed by atoms with Gasteiger partial charge in [-0.25, -0.2) is 23.1 Å². The Kier molecular flexibility index (Phi) is 4.99. The first-order valence-electron chi connectivity index (χ1n) is 8.50. The van der Waals surface area contributed by atoms with Gasteiger partial charge >= 0.3 is 0 Å². The van der Waals surface area contributed by atoms with Crippen LogP contribution in [0.4, 0.5) is 18.9 Å². The summed E-state index contributed by atoms with van der Waals surface area (Å²) < 4.78 is 43.4. The second-order valence-electron chi connectivity index (χ2n) is 6.17. The summed E-state index contributed by atoms with van der Waals surface area (Å²) in [5, 5.41) is 12.8. The number of amides is 1. The number of rotatable bonds is 5. The molecule has 0 bridgehead atoms. The van der Waals surface area contributed by atoms with Crippen LogP contribution in [0.2, 0.25) is 0 Å². The van der Waals surface area contributed by atoms with Crippen molar-refractivity contribution in [3.05, 3.63) is 81.2 Å². The van der Waals surface area contributed by atoms with Crippen LogP contribution in [0.15, 0.2) is 48.0 Å². The average Bonchev–Trinajstić information content (AvgIpc) is 3.40. The summed E-state index contributed by atoms with van der Waals surface area (Å²) in [5.41, 5.74) is 4.48. The van der Waals surface area contributed by atoms with E-state index in [4.69, 9.17) is 5.73 Å². The first kappa shape index (κ1) is 20.2. The summed E-state index contributed by atoms with van der Waals surface area (Å²) in [4.78, 5) is 30.8. The first-order valence-corrected chi connectivity index (χ1v) is 9.38. The Balaban J connectivity index is 2.06. The molecule has 0 aliphatic heterocycles. The van der Waals surface area contributed by atoms with Crippen LogP contribution in [-0.4, -0.2) is 25.4 Å². The zero-order valence-corrected chi connectivity index (χ0v) is 16.1. The van der Waals surface area contributed by atoms with Crippen molar-refractivity contribution in [2.75, 3.05) is 0 Å². The van der Waals surface area contributed by atoms with E-state index < -0.39 is 39.5 Å². The molecule has 0 aliphatic carbocycles. The van der Waals surface area contributed by atoms with Crippen molar-refractivity contribution < 1.29 is 22.9 Å². The number of halogens is 3. The first-order chi connectivity index (χ1) is 14.8. The smallest absolute Gasteiger partial charge is 0.269 e. The molecule has 2 N–H and O–H groups in total. The second kappa shape index (κ2) is 7.65. The van der Waals surface area contributed by atoms with E-state index in [1.54, 1.807) is 5.38 Å². The number of carbonyl (C=O) groups excluding carboxylic acids is 1. The number of nitro groups is 1. The predicted molar refractivity (Wildman–Crippen MR) is 105 cm³/mol. The molecule has 156 valence electrons. The molecule has 2 aromatic carbocycles. The van der Waals surface area contributed by atoms with Gasteiger partial charge in [0, 0.05) is 34.8 Å². The number of non-ortho nitro benzene ring substituents is 1. The average molecular weight is 445 g/mol. The van der Waals surface area contributed by atoms with Crippen molar-refractivity contribution >= 4 is 22.9 Å². The number of imidazole rings is 1. The van der Waals surface area contributed by atoms with Crippen molar-refractivity contribution in [3.8, 4) is 27.8 Å². The monoisotopic (exact) mass is 445 g/mol. The summed E-state index contributed by atoms with van der Waals surface area (Å²) in [5.74, 6) is -5.65. The van der Waals surface area contributed by atoms with Crippen LogP contribution in [0.3, 0.4) is 0 Å². The van der Waals surface area contributed by atoms with Gasteiger partial charge in [-0.2, -0.15) is 0 Å². The van der Waals surface area contributed by atoms with Gasteiger partial charge in [0.25, 0.3) is 11.6 Å². The van der Waals surface area contributed by atoms with E-state index in [-0.39, 0.29) is 22.3 Å². The van der Waals surface area contributed by atoms with Crippen molar-refractivity contribution in [1.82, 2.24) is 14.5 Å². The Hall–Kier alpha value is -4.06. The Morgan fingerprint density at radius 3 is 2.39 bits per heavy atom. The molecular formula is C19H10F3N5O3S. The topological polar surface area (TPSA) is 117 Å². The molecule has 0 fully saturated rings. The van der Waals surface area contributed by atoms with Gasteiger partial charge in [-0.1, -0.05) is 0 Å². The third-order valence-electron chi connectivity index (χ3n) is 4.35. The van der Waals surface area contributed by atoms with Gasteiger partial charge in [0.2, 0.25) is 0 Å². The van der Waals surface area contributed by atoms with Crippen LogP contribution in [0.1, 0.15) is 10.5 Å². The normalized spacial score (nSPS) is 10.9. The predicted octanol–water partition coefficient (Wildman–Crippen LogP) is 4.09. The molecule has 4 aromatic rings. The quantitative estimate of drug-likeness (QED) is 0.282. The molecule has 31 heavy (non-hydrogen) atoms. The van der Waals surface area contributed by atoms with Crippen LogP contribution in [0.5, 0.6) is 0 Å². The second-order valence-corrected chi connectivity index (χ2v) is 7.05. The number of hydrogen-bond donors (Lipinski definition) is 1.